The van der Waals surface area contributed by atoms with Crippen LogP contribution in [0.25, 0.3) is 10.9 Å². The summed E-state index contributed by atoms with van der Waals surface area (Å²) in [5.74, 6) is 0. The molecule has 98 valence electrons. The SMILES string of the molecule is CCCNCc1ccc2ccn(COCC)c2c1. The molecule has 0 unspecified atom stereocenters. The van der Waals surface area contributed by atoms with E-state index in [1.807, 2.05) is 6.92 Å². The van der Waals surface area contributed by atoms with Crippen molar-refractivity contribution in [1.82, 2.24) is 9.88 Å². The van der Waals surface area contributed by atoms with Crippen molar-refractivity contribution in [2.75, 3.05) is 13.2 Å². The largest absolute Gasteiger partial charge is 0.361 e. The van der Waals surface area contributed by atoms with Crippen LogP contribution in [0.1, 0.15) is 25.8 Å². The smallest absolute Gasteiger partial charge is 0.122 e. The van der Waals surface area contributed by atoms with Crippen molar-refractivity contribution in [2.45, 2.75) is 33.5 Å². The molecule has 0 aliphatic rings. The van der Waals surface area contributed by atoms with E-state index < -0.39 is 0 Å². The first-order valence-electron chi connectivity index (χ1n) is 6.71. The fourth-order valence-electron chi connectivity index (χ4n) is 2.05. The zero-order valence-corrected chi connectivity index (χ0v) is 11.3. The molecular weight excluding hydrogens is 224 g/mol. The Morgan fingerprint density at radius 2 is 2.11 bits per heavy atom. The molecule has 0 aliphatic carbocycles. The van der Waals surface area contributed by atoms with E-state index in [2.05, 4.69) is 47.3 Å². The van der Waals surface area contributed by atoms with Crippen molar-refractivity contribution in [3.8, 4) is 0 Å². The third-order valence-electron chi connectivity index (χ3n) is 3.03. The van der Waals surface area contributed by atoms with Crippen LogP contribution in [0, 0.1) is 0 Å². The van der Waals surface area contributed by atoms with Crippen LogP contribution in [-0.2, 0) is 18.0 Å². The van der Waals surface area contributed by atoms with Gasteiger partial charge in [0.05, 0.1) is 5.52 Å². The van der Waals surface area contributed by atoms with Crippen LogP contribution in [0.4, 0.5) is 0 Å². The maximum Gasteiger partial charge on any atom is 0.122 e. The van der Waals surface area contributed by atoms with Gasteiger partial charge in [-0.2, -0.15) is 0 Å². The Labute approximate surface area is 109 Å². The maximum absolute atomic E-state index is 5.47. The van der Waals surface area contributed by atoms with Gasteiger partial charge in [-0.25, -0.2) is 0 Å². The second-order valence-electron chi connectivity index (χ2n) is 4.48. The van der Waals surface area contributed by atoms with Crippen LogP contribution in [0.5, 0.6) is 0 Å². The molecule has 1 aromatic heterocycles. The molecule has 0 saturated heterocycles. The summed E-state index contributed by atoms with van der Waals surface area (Å²) >= 11 is 0. The minimum absolute atomic E-state index is 0.631. The molecule has 2 aromatic rings. The highest BCUT2D eigenvalue weighted by Crippen LogP contribution is 2.17. The summed E-state index contributed by atoms with van der Waals surface area (Å²) in [4.78, 5) is 0. The molecule has 0 atom stereocenters. The zero-order valence-electron chi connectivity index (χ0n) is 11.3. The first kappa shape index (κ1) is 13.1. The fourth-order valence-corrected chi connectivity index (χ4v) is 2.05. The molecule has 18 heavy (non-hydrogen) atoms. The number of aromatic nitrogens is 1. The molecule has 3 nitrogen and oxygen atoms in total. The second-order valence-corrected chi connectivity index (χ2v) is 4.48. The number of benzene rings is 1. The second kappa shape index (κ2) is 6.57. The van der Waals surface area contributed by atoms with Crippen molar-refractivity contribution in [3.05, 3.63) is 36.0 Å². The van der Waals surface area contributed by atoms with Crippen LogP contribution in [0.15, 0.2) is 30.5 Å². The van der Waals surface area contributed by atoms with Gasteiger partial charge in [-0.1, -0.05) is 19.1 Å². The van der Waals surface area contributed by atoms with E-state index in [0.717, 1.165) is 19.7 Å². The molecule has 1 N–H and O–H groups in total. The monoisotopic (exact) mass is 246 g/mol. The van der Waals surface area contributed by atoms with Crippen molar-refractivity contribution >= 4 is 10.9 Å². The fraction of sp³-hybridized carbons (Fsp3) is 0.467. The molecule has 0 aliphatic heterocycles. The summed E-state index contributed by atoms with van der Waals surface area (Å²) in [5.41, 5.74) is 2.58. The van der Waals surface area contributed by atoms with Gasteiger partial charge in [0, 0.05) is 19.3 Å². The summed E-state index contributed by atoms with van der Waals surface area (Å²) in [7, 11) is 0. The zero-order chi connectivity index (χ0) is 12.8. The lowest BCUT2D eigenvalue weighted by atomic mass is 10.1. The first-order chi connectivity index (χ1) is 8.85. The van der Waals surface area contributed by atoms with Gasteiger partial charge >= 0.3 is 0 Å². The normalized spacial score (nSPS) is 11.2. The van der Waals surface area contributed by atoms with Gasteiger partial charge in [0.15, 0.2) is 0 Å². The lowest BCUT2D eigenvalue weighted by Crippen LogP contribution is -2.13. The van der Waals surface area contributed by atoms with Gasteiger partial charge in [-0.15, -0.1) is 0 Å². The predicted octanol–water partition coefficient (Wildman–Crippen LogP) is 3.13. The quantitative estimate of drug-likeness (QED) is 0.760. The first-order valence-corrected chi connectivity index (χ1v) is 6.71. The summed E-state index contributed by atoms with van der Waals surface area (Å²) in [5, 5.41) is 4.70. The number of fused-ring (bicyclic) bond motifs is 1. The maximum atomic E-state index is 5.47. The Hall–Kier alpha value is -1.32. The number of hydrogen-bond donors (Lipinski definition) is 1. The minimum atomic E-state index is 0.631. The van der Waals surface area contributed by atoms with Crippen LogP contribution >= 0.6 is 0 Å². The van der Waals surface area contributed by atoms with Crippen molar-refractivity contribution < 1.29 is 4.74 Å². The Morgan fingerprint density at radius 1 is 1.22 bits per heavy atom. The lowest BCUT2D eigenvalue weighted by Gasteiger charge is -2.07. The Kier molecular flexibility index (Phi) is 4.79. The predicted molar refractivity (Wildman–Crippen MR) is 75.6 cm³/mol. The molecule has 0 radical (unpaired) electrons. The minimum Gasteiger partial charge on any atom is -0.361 e. The number of hydrogen-bond acceptors (Lipinski definition) is 2. The summed E-state index contributed by atoms with van der Waals surface area (Å²) < 4.78 is 7.63. The number of ether oxygens (including phenoxy) is 1. The van der Waals surface area contributed by atoms with Crippen molar-refractivity contribution in [3.63, 3.8) is 0 Å². The van der Waals surface area contributed by atoms with Crippen molar-refractivity contribution in [2.24, 2.45) is 0 Å². The van der Waals surface area contributed by atoms with E-state index in [9.17, 15) is 0 Å². The lowest BCUT2D eigenvalue weighted by molar-refractivity contribution is 0.0909. The average molecular weight is 246 g/mol. The highest BCUT2D eigenvalue weighted by Gasteiger charge is 2.02. The molecule has 0 saturated carbocycles. The number of nitrogens with zero attached hydrogens (tertiary/aromatic N) is 1. The van der Waals surface area contributed by atoms with Gasteiger partial charge in [-0.05, 0) is 43.0 Å². The summed E-state index contributed by atoms with van der Waals surface area (Å²) in [6.45, 7) is 7.58. The van der Waals surface area contributed by atoms with Crippen LogP contribution in [0.2, 0.25) is 0 Å². The molecule has 2 rings (SSSR count). The Morgan fingerprint density at radius 3 is 2.89 bits per heavy atom. The van der Waals surface area contributed by atoms with E-state index in [4.69, 9.17) is 4.74 Å². The highest BCUT2D eigenvalue weighted by atomic mass is 16.5. The van der Waals surface area contributed by atoms with Crippen molar-refractivity contribution in [1.29, 1.82) is 0 Å². The highest BCUT2D eigenvalue weighted by molar-refractivity contribution is 5.80. The van der Waals surface area contributed by atoms with E-state index in [0.29, 0.717) is 6.73 Å². The third kappa shape index (κ3) is 3.12. The molecule has 0 bridgehead atoms. The Bertz CT molecular complexity index is 490. The van der Waals surface area contributed by atoms with Gasteiger partial charge in [-0.3, -0.25) is 0 Å². The number of rotatable bonds is 7. The third-order valence-corrected chi connectivity index (χ3v) is 3.03. The van der Waals surface area contributed by atoms with E-state index in [-0.39, 0.29) is 0 Å². The van der Waals surface area contributed by atoms with Gasteiger partial charge in [0.1, 0.15) is 6.73 Å². The molecule has 0 spiro atoms. The van der Waals surface area contributed by atoms with Gasteiger partial charge in [0.25, 0.3) is 0 Å². The van der Waals surface area contributed by atoms with Crippen LogP contribution in [-0.4, -0.2) is 17.7 Å². The molecule has 3 heteroatoms. The summed E-state index contributed by atoms with van der Waals surface area (Å²) in [6, 6.07) is 8.76. The standard InChI is InChI=1S/C15H22N2O/c1-3-8-16-11-13-5-6-14-7-9-17(12-18-4-2)15(14)10-13/h5-7,9-10,16H,3-4,8,11-12H2,1-2H3. The van der Waals surface area contributed by atoms with Crippen LogP contribution < -0.4 is 5.32 Å². The summed E-state index contributed by atoms with van der Waals surface area (Å²) in [6.07, 6.45) is 3.26. The van der Waals surface area contributed by atoms with E-state index >= 15 is 0 Å². The topological polar surface area (TPSA) is 26.2 Å². The molecular formula is C15H22N2O. The molecule has 0 fully saturated rings. The molecule has 0 amide bonds. The van der Waals surface area contributed by atoms with Crippen LogP contribution in [0.3, 0.4) is 0 Å². The average Bonchev–Trinajstić information content (AvgIpc) is 2.79. The van der Waals surface area contributed by atoms with Gasteiger partial charge in [0.2, 0.25) is 0 Å². The van der Waals surface area contributed by atoms with E-state index in [1.54, 1.807) is 0 Å². The molecule has 1 aromatic carbocycles. The number of nitrogens with one attached hydrogen (secondary N) is 1. The van der Waals surface area contributed by atoms with Gasteiger partial charge < -0.3 is 14.6 Å². The Balaban J connectivity index is 2.14. The van der Waals surface area contributed by atoms with E-state index in [1.165, 1.54) is 22.9 Å². The molecule has 1 heterocycles.